The highest BCUT2D eigenvalue weighted by Crippen LogP contribution is 2.33. The number of nitrogens with one attached hydrogen (secondary N) is 1. The molecule has 16 heteroatoms. The smallest absolute Gasteiger partial charge is 0.328 e. The first kappa shape index (κ1) is 29.0. The second kappa shape index (κ2) is 11.5. The molecule has 2 aromatic carbocycles. The van der Waals surface area contributed by atoms with Crippen LogP contribution in [0.25, 0.3) is 10.9 Å². The van der Waals surface area contributed by atoms with Crippen molar-refractivity contribution in [2.45, 2.75) is 50.9 Å². The van der Waals surface area contributed by atoms with Gasteiger partial charge in [0.2, 0.25) is 5.95 Å². The first-order chi connectivity index (χ1) is 20.5. The molecule has 0 bridgehead atoms. The summed E-state index contributed by atoms with van der Waals surface area (Å²) in [6, 6.07) is 5.51. The lowest BCUT2D eigenvalue weighted by molar-refractivity contribution is 0.305. The monoisotopic (exact) mass is 630 g/mol. The van der Waals surface area contributed by atoms with Crippen LogP contribution in [0.15, 0.2) is 46.4 Å². The summed E-state index contributed by atoms with van der Waals surface area (Å²) >= 11 is 12.5. The van der Waals surface area contributed by atoms with Gasteiger partial charge in [-0.05, 0) is 43.9 Å². The van der Waals surface area contributed by atoms with E-state index in [0.717, 1.165) is 46.3 Å². The molecular weight excluding hydrogens is 605 g/mol. The lowest BCUT2D eigenvalue weighted by Crippen LogP contribution is -2.43. The molecule has 12 nitrogen and oxygen atoms in total. The summed E-state index contributed by atoms with van der Waals surface area (Å²) in [5.41, 5.74) is 5.22. The number of aromatic nitrogens is 8. The second-order valence-corrected chi connectivity index (χ2v) is 11.4. The Hall–Kier alpha value is -4.14. The minimum Gasteiger partial charge on any atom is -0.328 e. The van der Waals surface area contributed by atoms with Crippen molar-refractivity contribution < 1.29 is 8.78 Å². The maximum Gasteiger partial charge on any atom is 0.355 e. The third-order valence-electron chi connectivity index (χ3n) is 7.49. The topological polar surface area (TPSA) is 143 Å². The lowest BCUT2D eigenvalue weighted by atomic mass is 9.92. The van der Waals surface area contributed by atoms with E-state index in [4.69, 9.17) is 34.0 Å². The highest BCUT2D eigenvalue weighted by molar-refractivity contribution is 6.34. The molecule has 3 aromatic heterocycles. The van der Waals surface area contributed by atoms with E-state index in [1.54, 1.807) is 19.2 Å². The Bertz CT molecular complexity index is 1960. The Labute approximate surface area is 252 Å². The summed E-state index contributed by atoms with van der Waals surface area (Å²) in [7, 11) is 1.64. The van der Waals surface area contributed by atoms with Gasteiger partial charge in [-0.25, -0.2) is 27.9 Å². The van der Waals surface area contributed by atoms with Crippen molar-refractivity contribution in [3.63, 3.8) is 0 Å². The summed E-state index contributed by atoms with van der Waals surface area (Å²) in [6.45, 7) is -0.714. The average molecular weight is 631 g/mol. The Balaban J connectivity index is 1.40. The van der Waals surface area contributed by atoms with Gasteiger partial charge in [0.15, 0.2) is 5.82 Å². The first-order valence-corrected chi connectivity index (χ1v) is 14.2. The highest BCUT2D eigenvalue weighted by Gasteiger charge is 2.22. The van der Waals surface area contributed by atoms with E-state index < -0.39 is 29.6 Å². The number of fused-ring (bicyclic) bond motifs is 1. The van der Waals surface area contributed by atoms with Gasteiger partial charge in [0.1, 0.15) is 18.0 Å². The molecule has 3 N–H and O–H groups in total. The number of nitrogens with two attached hydrogens (primary N) is 1. The van der Waals surface area contributed by atoms with Crippen molar-refractivity contribution in [1.82, 2.24) is 38.7 Å². The standard InChI is InChI=1S/C27H26Cl2F2N10O2/c1-38-13-33-24(37-38)12-40-26(42)35-25(39(27(40)43)10-14-6-18(28)21(31)9-20(14)30)34-23-7-15-11-41(36-22(15)8-19(23)29)17-4-2-16(32)3-5-17/h6-9,11,13,16-17H,2-5,10,12,32H2,1H3,(H,34,35,42). The van der Waals surface area contributed by atoms with Gasteiger partial charge in [-0.15, -0.1) is 0 Å². The SMILES string of the molecule is Cn1cnc(Cn2c(=O)nc(Nc3cc4cn(C5CCC(N)CC5)nc4cc3Cl)n(Cc3cc(Cl)c(F)cc3F)c2=O)n1. The third kappa shape index (κ3) is 5.90. The quantitative estimate of drug-likeness (QED) is 0.259. The molecule has 3 heterocycles. The maximum absolute atomic E-state index is 14.8. The van der Waals surface area contributed by atoms with Gasteiger partial charge < -0.3 is 11.1 Å². The number of hydrogen-bond acceptors (Lipinski definition) is 8. The zero-order valence-corrected chi connectivity index (χ0v) is 24.4. The molecular formula is C27H26Cl2F2N10O2. The zero-order valence-electron chi connectivity index (χ0n) is 22.8. The minimum absolute atomic E-state index is 0.102. The fourth-order valence-electron chi connectivity index (χ4n) is 5.19. The summed E-state index contributed by atoms with van der Waals surface area (Å²) < 4.78 is 33.8. The number of aryl methyl sites for hydroxylation is 1. The van der Waals surface area contributed by atoms with E-state index in [1.807, 2.05) is 10.9 Å². The Morgan fingerprint density at radius 3 is 2.47 bits per heavy atom. The third-order valence-corrected chi connectivity index (χ3v) is 8.09. The van der Waals surface area contributed by atoms with Crippen LogP contribution in [0.3, 0.4) is 0 Å². The predicted octanol–water partition coefficient (Wildman–Crippen LogP) is 3.75. The van der Waals surface area contributed by atoms with Gasteiger partial charge in [0.25, 0.3) is 0 Å². The second-order valence-electron chi connectivity index (χ2n) is 10.6. The summed E-state index contributed by atoms with van der Waals surface area (Å²) in [6.07, 6.45) is 6.99. The molecule has 224 valence electrons. The normalized spacial score (nSPS) is 17.1. The van der Waals surface area contributed by atoms with Crippen molar-refractivity contribution >= 4 is 45.7 Å². The van der Waals surface area contributed by atoms with Crippen molar-refractivity contribution in [3.05, 3.63) is 90.8 Å². The molecule has 0 amide bonds. The molecule has 1 fully saturated rings. The van der Waals surface area contributed by atoms with Gasteiger partial charge >= 0.3 is 11.4 Å². The Kier molecular flexibility index (Phi) is 7.75. The predicted molar refractivity (Wildman–Crippen MR) is 157 cm³/mol. The van der Waals surface area contributed by atoms with Crippen LogP contribution in [0.4, 0.5) is 20.4 Å². The van der Waals surface area contributed by atoms with Gasteiger partial charge in [-0.1, -0.05) is 23.2 Å². The van der Waals surface area contributed by atoms with E-state index in [2.05, 4.69) is 20.4 Å². The summed E-state index contributed by atoms with van der Waals surface area (Å²) in [5, 5.41) is 12.4. The Morgan fingerprint density at radius 2 is 1.74 bits per heavy atom. The van der Waals surface area contributed by atoms with Crippen LogP contribution in [0.2, 0.25) is 10.0 Å². The molecule has 0 atom stereocenters. The minimum atomic E-state index is -0.949. The van der Waals surface area contributed by atoms with E-state index >= 15 is 0 Å². The molecule has 1 aliphatic rings. The fourth-order valence-corrected chi connectivity index (χ4v) is 5.58. The van der Waals surface area contributed by atoms with Crippen LogP contribution < -0.4 is 22.4 Å². The number of rotatable bonds is 7. The van der Waals surface area contributed by atoms with E-state index in [0.29, 0.717) is 17.3 Å². The molecule has 0 saturated heterocycles. The highest BCUT2D eigenvalue weighted by atomic mass is 35.5. The number of benzene rings is 2. The van der Waals surface area contributed by atoms with Crippen molar-refractivity contribution in [1.29, 1.82) is 0 Å². The molecule has 5 aromatic rings. The Morgan fingerprint density at radius 1 is 0.977 bits per heavy atom. The van der Waals surface area contributed by atoms with Gasteiger partial charge in [0.05, 0.1) is 40.4 Å². The lowest BCUT2D eigenvalue weighted by Gasteiger charge is -2.26. The molecule has 6 rings (SSSR count). The van der Waals surface area contributed by atoms with Gasteiger partial charge in [-0.3, -0.25) is 13.9 Å². The van der Waals surface area contributed by atoms with E-state index in [1.165, 1.54) is 11.0 Å². The van der Waals surface area contributed by atoms with Crippen LogP contribution in [0.1, 0.15) is 43.1 Å². The largest absolute Gasteiger partial charge is 0.355 e. The van der Waals surface area contributed by atoms with Crippen LogP contribution >= 0.6 is 23.2 Å². The van der Waals surface area contributed by atoms with Crippen LogP contribution in [-0.4, -0.2) is 44.7 Å². The van der Waals surface area contributed by atoms with Gasteiger partial charge in [-0.2, -0.15) is 15.2 Å². The fraction of sp³-hybridized carbons (Fsp3) is 0.333. The molecule has 43 heavy (non-hydrogen) atoms. The van der Waals surface area contributed by atoms with Gasteiger partial charge in [0, 0.05) is 36.3 Å². The zero-order chi connectivity index (χ0) is 30.4. The molecule has 1 aliphatic carbocycles. The summed E-state index contributed by atoms with van der Waals surface area (Å²) in [4.78, 5) is 34.9. The molecule has 0 unspecified atom stereocenters. The summed E-state index contributed by atoms with van der Waals surface area (Å²) in [5.74, 6) is -1.90. The van der Waals surface area contributed by atoms with Crippen molar-refractivity contribution in [2.75, 3.05) is 5.32 Å². The average Bonchev–Trinajstić information content (AvgIpc) is 3.57. The van der Waals surface area contributed by atoms with E-state index in [-0.39, 0.29) is 46.0 Å². The number of anilines is 2. The number of nitrogens with zero attached hydrogens (tertiary/aromatic N) is 8. The van der Waals surface area contributed by atoms with Crippen molar-refractivity contribution in [3.8, 4) is 0 Å². The van der Waals surface area contributed by atoms with Crippen LogP contribution in [0, 0.1) is 11.6 Å². The first-order valence-electron chi connectivity index (χ1n) is 13.5. The maximum atomic E-state index is 14.8. The van der Waals surface area contributed by atoms with Crippen molar-refractivity contribution in [2.24, 2.45) is 12.8 Å². The molecule has 0 spiro atoms. The number of hydrogen-bond donors (Lipinski definition) is 2. The molecule has 0 aliphatic heterocycles. The molecule has 1 saturated carbocycles. The van der Waals surface area contributed by atoms with Crippen LogP contribution in [0.5, 0.6) is 0 Å². The number of halogens is 4. The van der Waals surface area contributed by atoms with Crippen LogP contribution in [-0.2, 0) is 20.1 Å². The molecule has 0 radical (unpaired) electrons. The van der Waals surface area contributed by atoms with E-state index in [9.17, 15) is 18.4 Å².